The molecule has 1 heterocycles. The zero-order valence-corrected chi connectivity index (χ0v) is 15.6. The molecule has 0 aromatic heterocycles. The molecular weight excluding hydrogens is 366 g/mol. The van der Waals surface area contributed by atoms with Crippen molar-refractivity contribution in [2.45, 2.75) is 19.4 Å². The van der Waals surface area contributed by atoms with Gasteiger partial charge in [-0.3, -0.25) is 25.2 Å². The Morgan fingerprint density at radius 3 is 2.44 bits per heavy atom. The van der Waals surface area contributed by atoms with Crippen LogP contribution in [0.25, 0.3) is 0 Å². The lowest BCUT2D eigenvalue weighted by molar-refractivity contribution is -0.130. The highest BCUT2D eigenvalue weighted by atomic mass is 35.5. The molecule has 27 heavy (non-hydrogen) atoms. The van der Waals surface area contributed by atoms with Gasteiger partial charge >= 0.3 is 0 Å². The molecule has 0 spiro atoms. The third-order valence-corrected chi connectivity index (χ3v) is 5.03. The summed E-state index contributed by atoms with van der Waals surface area (Å²) in [5.41, 5.74) is 6.03. The lowest BCUT2D eigenvalue weighted by atomic mass is 10.1. The lowest BCUT2D eigenvalue weighted by Gasteiger charge is -2.25. The van der Waals surface area contributed by atoms with Crippen LogP contribution in [0.5, 0.6) is 0 Å². The molecule has 3 amide bonds. The molecule has 0 saturated carbocycles. The predicted octanol–water partition coefficient (Wildman–Crippen LogP) is 2.71. The van der Waals surface area contributed by atoms with Crippen molar-refractivity contribution in [3.05, 3.63) is 70.7 Å². The number of hydrogen-bond donors (Lipinski definition) is 2. The van der Waals surface area contributed by atoms with Crippen LogP contribution in [0.4, 0.5) is 0 Å². The summed E-state index contributed by atoms with van der Waals surface area (Å²) in [6.07, 6.45) is 0.116. The van der Waals surface area contributed by atoms with Gasteiger partial charge in [-0.05, 0) is 24.6 Å². The van der Waals surface area contributed by atoms with E-state index in [4.69, 9.17) is 11.6 Å². The van der Waals surface area contributed by atoms with E-state index in [1.165, 1.54) is 0 Å². The van der Waals surface area contributed by atoms with E-state index >= 15 is 0 Å². The number of hydrogen-bond acceptors (Lipinski definition) is 3. The Bertz CT molecular complexity index is 857. The van der Waals surface area contributed by atoms with E-state index in [1.807, 2.05) is 37.3 Å². The smallest absolute Gasteiger partial charge is 0.271 e. The number of benzene rings is 2. The first-order valence-electron chi connectivity index (χ1n) is 8.66. The van der Waals surface area contributed by atoms with E-state index < -0.39 is 17.7 Å². The summed E-state index contributed by atoms with van der Waals surface area (Å²) < 4.78 is 0. The van der Waals surface area contributed by atoms with Crippen molar-refractivity contribution in [3.8, 4) is 0 Å². The van der Waals surface area contributed by atoms with Crippen LogP contribution in [-0.2, 0) is 9.59 Å². The molecule has 2 aromatic carbocycles. The maximum absolute atomic E-state index is 12.4. The van der Waals surface area contributed by atoms with Crippen LogP contribution in [0.2, 0.25) is 5.02 Å². The van der Waals surface area contributed by atoms with Crippen LogP contribution in [0, 0.1) is 5.92 Å². The lowest BCUT2D eigenvalue weighted by Crippen LogP contribution is -2.45. The summed E-state index contributed by atoms with van der Waals surface area (Å²) in [6.45, 7) is 2.25. The Morgan fingerprint density at radius 1 is 1.07 bits per heavy atom. The first-order chi connectivity index (χ1) is 13.0. The van der Waals surface area contributed by atoms with Crippen molar-refractivity contribution < 1.29 is 14.4 Å². The van der Waals surface area contributed by atoms with E-state index in [0.29, 0.717) is 11.6 Å². The van der Waals surface area contributed by atoms with Crippen LogP contribution in [0.15, 0.2) is 54.6 Å². The van der Waals surface area contributed by atoms with Gasteiger partial charge in [-0.25, -0.2) is 0 Å². The number of carbonyl (C=O) groups excluding carboxylic acids is 3. The predicted molar refractivity (Wildman–Crippen MR) is 102 cm³/mol. The quantitative estimate of drug-likeness (QED) is 0.794. The molecule has 2 aromatic rings. The second-order valence-corrected chi connectivity index (χ2v) is 6.86. The van der Waals surface area contributed by atoms with E-state index in [1.54, 1.807) is 29.2 Å². The summed E-state index contributed by atoms with van der Waals surface area (Å²) in [5.74, 6) is -1.50. The van der Waals surface area contributed by atoms with Crippen molar-refractivity contribution in [3.63, 3.8) is 0 Å². The molecule has 2 N–H and O–H groups in total. The summed E-state index contributed by atoms with van der Waals surface area (Å²) >= 11 is 5.97. The summed E-state index contributed by atoms with van der Waals surface area (Å²) in [7, 11) is 0. The topological polar surface area (TPSA) is 78.5 Å². The fraction of sp³-hybridized carbons (Fsp3) is 0.250. The molecule has 6 nitrogen and oxygen atoms in total. The molecule has 0 aliphatic carbocycles. The SMILES string of the molecule is C[C@@H](c1ccccc1)N1C[C@H](C(=O)NNC(=O)c2ccccc2Cl)CC1=O. The zero-order valence-electron chi connectivity index (χ0n) is 14.8. The van der Waals surface area contributed by atoms with Gasteiger partial charge in [0.25, 0.3) is 5.91 Å². The fourth-order valence-corrected chi connectivity index (χ4v) is 3.35. The molecule has 1 aliphatic heterocycles. The van der Waals surface area contributed by atoms with Crippen LogP contribution in [0.3, 0.4) is 0 Å². The molecule has 1 saturated heterocycles. The van der Waals surface area contributed by atoms with Crippen molar-refractivity contribution in [1.82, 2.24) is 15.8 Å². The number of nitrogens with zero attached hydrogens (tertiary/aromatic N) is 1. The highest BCUT2D eigenvalue weighted by molar-refractivity contribution is 6.33. The van der Waals surface area contributed by atoms with Crippen LogP contribution >= 0.6 is 11.6 Å². The molecule has 0 radical (unpaired) electrons. The minimum Gasteiger partial charge on any atom is -0.335 e. The summed E-state index contributed by atoms with van der Waals surface area (Å²) in [6, 6.07) is 16.1. The van der Waals surface area contributed by atoms with E-state index in [2.05, 4.69) is 10.9 Å². The molecule has 0 bridgehead atoms. The number of amides is 3. The average Bonchev–Trinajstić information content (AvgIpc) is 3.08. The van der Waals surface area contributed by atoms with E-state index in [0.717, 1.165) is 5.56 Å². The number of nitrogens with one attached hydrogen (secondary N) is 2. The highest BCUT2D eigenvalue weighted by Gasteiger charge is 2.37. The molecule has 1 fully saturated rings. The molecule has 3 rings (SSSR count). The molecule has 2 atom stereocenters. The van der Waals surface area contributed by atoms with Gasteiger partial charge in [0.1, 0.15) is 0 Å². The Hall–Kier alpha value is -2.86. The fourth-order valence-electron chi connectivity index (χ4n) is 3.13. The Labute approximate surface area is 162 Å². The van der Waals surface area contributed by atoms with E-state index in [-0.39, 0.29) is 23.9 Å². The number of carbonyl (C=O) groups is 3. The van der Waals surface area contributed by atoms with Gasteiger partial charge in [-0.1, -0.05) is 54.1 Å². The third kappa shape index (κ3) is 4.28. The van der Waals surface area contributed by atoms with Gasteiger partial charge in [-0.2, -0.15) is 0 Å². The normalized spacial score (nSPS) is 17.5. The van der Waals surface area contributed by atoms with Gasteiger partial charge in [0.15, 0.2) is 0 Å². The first-order valence-corrected chi connectivity index (χ1v) is 9.04. The Morgan fingerprint density at radius 2 is 1.74 bits per heavy atom. The first kappa shape index (κ1) is 18.9. The van der Waals surface area contributed by atoms with Crippen molar-refractivity contribution in [2.24, 2.45) is 5.92 Å². The van der Waals surface area contributed by atoms with Gasteiger partial charge in [-0.15, -0.1) is 0 Å². The molecule has 7 heteroatoms. The maximum Gasteiger partial charge on any atom is 0.271 e. The van der Waals surface area contributed by atoms with Gasteiger partial charge in [0, 0.05) is 13.0 Å². The van der Waals surface area contributed by atoms with E-state index in [9.17, 15) is 14.4 Å². The third-order valence-electron chi connectivity index (χ3n) is 4.70. The van der Waals surface area contributed by atoms with Gasteiger partial charge in [0.05, 0.1) is 22.5 Å². The average molecular weight is 386 g/mol. The van der Waals surface area contributed by atoms with Gasteiger partial charge in [0.2, 0.25) is 11.8 Å². The number of rotatable bonds is 4. The standard InChI is InChI=1S/C20H20ClN3O3/c1-13(14-7-3-2-4-8-14)24-12-15(11-18(24)25)19(26)22-23-20(27)16-9-5-6-10-17(16)21/h2-10,13,15H,11-12H2,1H3,(H,22,26)(H,23,27)/t13-,15+/m0/s1. The molecule has 140 valence electrons. The Balaban J connectivity index is 1.58. The number of likely N-dealkylation sites (tertiary alicyclic amines) is 1. The molecule has 0 unspecified atom stereocenters. The van der Waals surface area contributed by atoms with Crippen molar-refractivity contribution >= 4 is 29.3 Å². The summed E-state index contributed by atoms with van der Waals surface area (Å²) in [4.78, 5) is 38.5. The Kier molecular flexibility index (Phi) is 5.76. The highest BCUT2D eigenvalue weighted by Crippen LogP contribution is 2.28. The van der Waals surface area contributed by atoms with Crippen LogP contribution in [-0.4, -0.2) is 29.2 Å². The monoisotopic (exact) mass is 385 g/mol. The second kappa shape index (κ2) is 8.22. The van der Waals surface area contributed by atoms with Crippen LogP contribution in [0.1, 0.15) is 35.3 Å². The minimum atomic E-state index is -0.518. The van der Waals surface area contributed by atoms with Crippen molar-refractivity contribution in [2.75, 3.05) is 6.54 Å². The number of hydrazine groups is 1. The number of halogens is 1. The van der Waals surface area contributed by atoms with Crippen molar-refractivity contribution in [1.29, 1.82) is 0 Å². The van der Waals surface area contributed by atoms with Gasteiger partial charge < -0.3 is 4.90 Å². The minimum absolute atomic E-state index is 0.0797. The van der Waals surface area contributed by atoms with Crippen LogP contribution < -0.4 is 10.9 Å². The molecular formula is C20H20ClN3O3. The molecule has 1 aliphatic rings. The maximum atomic E-state index is 12.4. The largest absolute Gasteiger partial charge is 0.335 e. The summed E-state index contributed by atoms with van der Waals surface area (Å²) in [5, 5.41) is 0.295. The zero-order chi connectivity index (χ0) is 19.4. The second-order valence-electron chi connectivity index (χ2n) is 6.46.